The Morgan fingerprint density at radius 2 is 1.05 bits per heavy atom. The van der Waals surface area contributed by atoms with Crippen LogP contribution in [0.2, 0.25) is 0 Å². The zero-order valence-corrected chi connectivity index (χ0v) is 21.9. The molecule has 1 aliphatic carbocycles. The van der Waals surface area contributed by atoms with Crippen LogP contribution in [0.4, 0.5) is 4.79 Å². The molecule has 0 bridgehead atoms. The van der Waals surface area contributed by atoms with Crippen molar-refractivity contribution in [2.24, 2.45) is 0 Å². The highest BCUT2D eigenvalue weighted by atomic mass is 16.6. The molecule has 0 spiro atoms. The monoisotopic (exact) mass is 524 g/mol. The summed E-state index contributed by atoms with van der Waals surface area (Å²) >= 11 is 0. The average Bonchev–Trinajstić information content (AvgIpc) is 3.20. The second kappa shape index (κ2) is 12.2. The number of benzene rings is 2. The lowest BCUT2D eigenvalue weighted by Crippen LogP contribution is -2.46. The van der Waals surface area contributed by atoms with Gasteiger partial charge in [0.2, 0.25) is 17.7 Å². The van der Waals surface area contributed by atoms with Crippen LogP contribution in [0, 0.1) is 0 Å². The first-order chi connectivity index (χ1) is 18.0. The summed E-state index contributed by atoms with van der Waals surface area (Å²) in [6.45, 7) is -1.31. The second-order valence-electron chi connectivity index (χ2n) is 9.30. The van der Waals surface area contributed by atoms with Gasteiger partial charge in [0.25, 0.3) is 0 Å². The standard InChI is InChI=1S/C27H32N4O7/c1-28(14-24(33)30(3)16-26(35)36)23(32)13-29(2)25(34)15-31(4)27(37)38-17-22-20-11-7-5-9-18(20)19-10-6-8-12-21(19)22/h5-12,22H,13-17H2,1-4H3,(H,35,36). The van der Waals surface area contributed by atoms with E-state index < -0.39 is 36.3 Å². The van der Waals surface area contributed by atoms with E-state index in [2.05, 4.69) is 0 Å². The van der Waals surface area contributed by atoms with Gasteiger partial charge in [-0.15, -0.1) is 0 Å². The predicted octanol–water partition coefficient (Wildman–Crippen LogP) is 1.33. The lowest BCUT2D eigenvalue weighted by molar-refractivity contribution is -0.146. The minimum Gasteiger partial charge on any atom is -0.480 e. The van der Waals surface area contributed by atoms with Crippen LogP contribution < -0.4 is 0 Å². The molecule has 0 fully saturated rings. The summed E-state index contributed by atoms with van der Waals surface area (Å²) in [5.74, 6) is -2.82. The topological polar surface area (TPSA) is 128 Å². The van der Waals surface area contributed by atoms with Crippen molar-refractivity contribution < 1.29 is 33.8 Å². The molecule has 0 unspecified atom stereocenters. The third-order valence-corrected chi connectivity index (χ3v) is 6.41. The Morgan fingerprint density at radius 3 is 1.50 bits per heavy atom. The number of hydrogen-bond acceptors (Lipinski definition) is 6. The number of ether oxygens (including phenoxy) is 1. The molecule has 2 aromatic carbocycles. The first-order valence-corrected chi connectivity index (χ1v) is 12.0. The van der Waals surface area contributed by atoms with E-state index in [0.717, 1.165) is 41.9 Å². The second-order valence-corrected chi connectivity index (χ2v) is 9.30. The Morgan fingerprint density at radius 1 is 0.658 bits per heavy atom. The van der Waals surface area contributed by atoms with Crippen LogP contribution >= 0.6 is 0 Å². The van der Waals surface area contributed by atoms with E-state index in [1.807, 2.05) is 48.5 Å². The van der Waals surface area contributed by atoms with Gasteiger partial charge >= 0.3 is 12.1 Å². The Kier molecular flexibility index (Phi) is 9.06. The number of carboxylic acids is 1. The van der Waals surface area contributed by atoms with Crippen LogP contribution in [0.1, 0.15) is 17.0 Å². The molecular weight excluding hydrogens is 492 g/mol. The van der Waals surface area contributed by atoms with Crippen molar-refractivity contribution in [3.8, 4) is 11.1 Å². The largest absolute Gasteiger partial charge is 0.480 e. The predicted molar refractivity (Wildman–Crippen MR) is 138 cm³/mol. The fourth-order valence-electron chi connectivity index (χ4n) is 4.21. The third kappa shape index (κ3) is 6.67. The van der Waals surface area contributed by atoms with Crippen LogP contribution in [0.15, 0.2) is 48.5 Å². The number of carboxylic acid groups (broad SMARTS) is 1. The van der Waals surface area contributed by atoms with Crippen LogP contribution in [0.3, 0.4) is 0 Å². The van der Waals surface area contributed by atoms with Crippen molar-refractivity contribution in [3.63, 3.8) is 0 Å². The highest BCUT2D eigenvalue weighted by Crippen LogP contribution is 2.44. The molecule has 0 aromatic heterocycles. The molecule has 202 valence electrons. The number of likely N-dealkylation sites (N-methyl/N-ethyl adjacent to an activating group) is 4. The van der Waals surface area contributed by atoms with Crippen molar-refractivity contribution in [1.29, 1.82) is 0 Å². The molecule has 0 saturated heterocycles. The summed E-state index contributed by atoms with van der Waals surface area (Å²) in [6.07, 6.45) is -0.663. The van der Waals surface area contributed by atoms with Gasteiger partial charge in [-0.1, -0.05) is 48.5 Å². The van der Waals surface area contributed by atoms with E-state index >= 15 is 0 Å². The Bertz CT molecular complexity index is 1190. The maximum absolute atomic E-state index is 12.6. The van der Waals surface area contributed by atoms with Gasteiger partial charge in [0.1, 0.15) is 19.7 Å². The number of rotatable bonds is 10. The summed E-state index contributed by atoms with van der Waals surface area (Å²) in [5.41, 5.74) is 4.38. The minimum atomic E-state index is -1.17. The molecule has 0 saturated carbocycles. The molecule has 11 heteroatoms. The van der Waals surface area contributed by atoms with Gasteiger partial charge in [-0.2, -0.15) is 0 Å². The van der Waals surface area contributed by atoms with E-state index in [4.69, 9.17) is 9.84 Å². The first kappa shape index (κ1) is 28.2. The lowest BCUT2D eigenvalue weighted by atomic mass is 9.98. The summed E-state index contributed by atoms with van der Waals surface area (Å²) < 4.78 is 5.55. The van der Waals surface area contributed by atoms with Crippen LogP contribution in [0.5, 0.6) is 0 Å². The quantitative estimate of drug-likeness (QED) is 0.497. The summed E-state index contributed by atoms with van der Waals surface area (Å²) in [5, 5.41) is 8.78. The number of aliphatic carboxylic acids is 1. The maximum Gasteiger partial charge on any atom is 0.409 e. The van der Waals surface area contributed by atoms with E-state index in [-0.39, 0.29) is 32.2 Å². The number of hydrogen-bond donors (Lipinski definition) is 1. The molecule has 3 rings (SSSR count). The normalized spacial score (nSPS) is 11.7. The number of nitrogens with zero attached hydrogens (tertiary/aromatic N) is 4. The van der Waals surface area contributed by atoms with Crippen LogP contribution in [-0.2, 0) is 23.9 Å². The highest BCUT2D eigenvalue weighted by molar-refractivity contribution is 5.90. The number of fused-ring (bicyclic) bond motifs is 3. The maximum atomic E-state index is 12.6. The Balaban J connectivity index is 1.49. The smallest absolute Gasteiger partial charge is 0.409 e. The Hall–Kier alpha value is -4.41. The zero-order chi connectivity index (χ0) is 28.0. The number of carbonyl (C=O) groups excluding carboxylic acids is 4. The lowest BCUT2D eigenvalue weighted by Gasteiger charge is -2.25. The molecule has 1 aliphatic rings. The van der Waals surface area contributed by atoms with E-state index in [1.165, 1.54) is 28.2 Å². The fourth-order valence-corrected chi connectivity index (χ4v) is 4.21. The van der Waals surface area contributed by atoms with Crippen LogP contribution in [-0.4, -0.2) is 115 Å². The molecule has 38 heavy (non-hydrogen) atoms. The molecular formula is C27H32N4O7. The van der Waals surface area contributed by atoms with Gasteiger partial charge in [0.05, 0.1) is 13.1 Å². The van der Waals surface area contributed by atoms with Crippen molar-refractivity contribution in [2.45, 2.75) is 5.92 Å². The minimum absolute atomic E-state index is 0.108. The summed E-state index contributed by atoms with van der Waals surface area (Å²) in [6, 6.07) is 15.9. The van der Waals surface area contributed by atoms with Gasteiger partial charge in [-0.25, -0.2) is 4.79 Å². The molecule has 0 heterocycles. The van der Waals surface area contributed by atoms with Crippen molar-refractivity contribution in [1.82, 2.24) is 19.6 Å². The van der Waals surface area contributed by atoms with Gasteiger partial charge in [-0.05, 0) is 22.3 Å². The van der Waals surface area contributed by atoms with Gasteiger partial charge in [0.15, 0.2) is 0 Å². The average molecular weight is 525 g/mol. The molecule has 0 atom stereocenters. The van der Waals surface area contributed by atoms with Crippen molar-refractivity contribution >= 4 is 29.8 Å². The third-order valence-electron chi connectivity index (χ3n) is 6.41. The van der Waals surface area contributed by atoms with E-state index in [0.29, 0.717) is 0 Å². The summed E-state index contributed by atoms with van der Waals surface area (Å²) in [4.78, 5) is 64.9. The van der Waals surface area contributed by atoms with Gasteiger partial charge in [-0.3, -0.25) is 19.2 Å². The molecule has 1 N–H and O–H groups in total. The van der Waals surface area contributed by atoms with Gasteiger partial charge in [0, 0.05) is 34.1 Å². The van der Waals surface area contributed by atoms with Crippen molar-refractivity contribution in [2.75, 3.05) is 61.0 Å². The highest BCUT2D eigenvalue weighted by Gasteiger charge is 2.30. The first-order valence-electron chi connectivity index (χ1n) is 12.0. The molecule has 11 nitrogen and oxygen atoms in total. The Labute approximate surface area is 221 Å². The van der Waals surface area contributed by atoms with E-state index in [9.17, 15) is 24.0 Å². The zero-order valence-electron chi connectivity index (χ0n) is 21.9. The molecule has 0 radical (unpaired) electrons. The fraction of sp³-hybridized carbons (Fsp3) is 0.370. The molecule has 2 aromatic rings. The summed E-state index contributed by atoms with van der Waals surface area (Å²) in [7, 11) is 5.56. The number of amides is 4. The molecule has 4 amide bonds. The SMILES string of the molecule is CN(CC(=O)O)C(=O)CN(C)C(=O)CN(C)C(=O)CN(C)C(=O)OCC1c2ccccc2-c2ccccc21. The van der Waals surface area contributed by atoms with E-state index in [1.54, 1.807) is 0 Å². The van der Waals surface area contributed by atoms with Crippen LogP contribution in [0.25, 0.3) is 11.1 Å². The number of carbonyl (C=O) groups is 5. The van der Waals surface area contributed by atoms with Crippen molar-refractivity contribution in [3.05, 3.63) is 59.7 Å². The molecule has 0 aliphatic heterocycles. The van der Waals surface area contributed by atoms with Gasteiger partial charge < -0.3 is 29.4 Å².